The van der Waals surface area contributed by atoms with Gasteiger partial charge in [-0.3, -0.25) is 4.68 Å². The van der Waals surface area contributed by atoms with Gasteiger partial charge in [-0.15, -0.1) is 0 Å². The Labute approximate surface area is 241 Å². The minimum Gasteiger partial charge on any atom is -0.491 e. The molecule has 3 aromatic rings. The van der Waals surface area contributed by atoms with E-state index in [1.165, 1.54) is 0 Å². The standard InChI is InChI=1S/C27H37Cl2N5O4Si/c1-16-14-31-34(6)23(16)22-17(2)24(29)33-25(32-22)20-13-18(9-10-21(20)28)37-15-19(11-12-36-26(30)35)38-39(7,8)27(3,4)5/h9-10,13-14,19H,11-12,15H2,1-8H3,(H2,30,35). The first-order chi connectivity index (χ1) is 18.1. The van der Waals surface area contributed by atoms with E-state index in [4.69, 9.17) is 47.8 Å². The molecular formula is C27H37Cl2N5O4Si. The highest BCUT2D eigenvalue weighted by molar-refractivity contribution is 6.74. The number of carbonyl (C=O) groups is 1. The molecule has 39 heavy (non-hydrogen) atoms. The molecule has 0 bridgehead atoms. The fourth-order valence-corrected chi connectivity index (χ4v) is 5.49. The number of carbonyl (C=O) groups excluding carboxylic acids is 1. The van der Waals surface area contributed by atoms with Crippen LogP contribution >= 0.6 is 23.2 Å². The number of primary amides is 1. The third-order valence-electron chi connectivity index (χ3n) is 7.00. The van der Waals surface area contributed by atoms with E-state index < -0.39 is 14.4 Å². The molecular weight excluding hydrogens is 557 g/mol. The third kappa shape index (κ3) is 7.51. The Morgan fingerprint density at radius 3 is 2.46 bits per heavy atom. The molecule has 1 unspecified atom stereocenters. The summed E-state index contributed by atoms with van der Waals surface area (Å²) in [6.45, 7) is 15.0. The van der Waals surface area contributed by atoms with Gasteiger partial charge in [0.15, 0.2) is 14.1 Å². The molecule has 12 heteroatoms. The Morgan fingerprint density at radius 1 is 1.18 bits per heavy atom. The van der Waals surface area contributed by atoms with Gasteiger partial charge in [0, 0.05) is 24.6 Å². The number of aryl methyl sites for hydroxylation is 2. The number of hydrogen-bond acceptors (Lipinski definition) is 7. The van der Waals surface area contributed by atoms with Crippen molar-refractivity contribution in [3.8, 4) is 28.5 Å². The van der Waals surface area contributed by atoms with E-state index in [9.17, 15) is 4.79 Å². The molecule has 0 aliphatic carbocycles. The largest absolute Gasteiger partial charge is 0.491 e. The van der Waals surface area contributed by atoms with Gasteiger partial charge in [-0.2, -0.15) is 5.10 Å². The lowest BCUT2D eigenvalue weighted by molar-refractivity contribution is 0.0810. The molecule has 1 amide bonds. The van der Waals surface area contributed by atoms with Crippen molar-refractivity contribution in [2.45, 2.75) is 65.3 Å². The SMILES string of the molecule is Cc1cnn(C)c1-c1nc(-c2cc(OCC(CCOC(N)=O)O[Si](C)(C)C(C)(C)C)ccc2Cl)nc(Cl)c1C. The predicted molar refractivity (Wildman–Crippen MR) is 157 cm³/mol. The van der Waals surface area contributed by atoms with Crippen LogP contribution in [0.5, 0.6) is 5.75 Å². The van der Waals surface area contributed by atoms with Gasteiger partial charge in [0.2, 0.25) is 0 Å². The maximum Gasteiger partial charge on any atom is 0.404 e. The molecule has 0 saturated carbocycles. The summed E-state index contributed by atoms with van der Waals surface area (Å²) in [5, 5.41) is 5.11. The van der Waals surface area contributed by atoms with Crippen LogP contribution in [0.25, 0.3) is 22.8 Å². The van der Waals surface area contributed by atoms with E-state index >= 15 is 0 Å². The van der Waals surface area contributed by atoms with E-state index in [-0.39, 0.29) is 24.4 Å². The molecule has 0 aliphatic rings. The van der Waals surface area contributed by atoms with Crippen LogP contribution in [-0.2, 0) is 16.2 Å². The van der Waals surface area contributed by atoms with Gasteiger partial charge in [0.1, 0.15) is 17.5 Å². The number of hydrogen-bond donors (Lipinski definition) is 1. The van der Waals surface area contributed by atoms with Gasteiger partial charge < -0.3 is 19.6 Å². The minimum absolute atomic E-state index is 0.00475. The van der Waals surface area contributed by atoms with Crippen LogP contribution in [0.15, 0.2) is 24.4 Å². The van der Waals surface area contributed by atoms with Crippen molar-refractivity contribution in [3.63, 3.8) is 0 Å². The first-order valence-corrected chi connectivity index (χ1v) is 16.3. The van der Waals surface area contributed by atoms with Crippen molar-refractivity contribution >= 4 is 37.6 Å². The van der Waals surface area contributed by atoms with Crippen LogP contribution < -0.4 is 10.5 Å². The lowest BCUT2D eigenvalue weighted by Crippen LogP contribution is -2.45. The summed E-state index contributed by atoms with van der Waals surface area (Å²) in [5.41, 5.74) is 8.98. The highest BCUT2D eigenvalue weighted by Gasteiger charge is 2.39. The summed E-state index contributed by atoms with van der Waals surface area (Å²) in [4.78, 5) is 20.4. The van der Waals surface area contributed by atoms with E-state index in [0.717, 1.165) is 16.8 Å². The second-order valence-corrected chi connectivity index (χ2v) is 16.5. The molecule has 212 valence electrons. The summed E-state index contributed by atoms with van der Waals surface area (Å²) >= 11 is 13.1. The Morgan fingerprint density at radius 2 is 1.87 bits per heavy atom. The van der Waals surface area contributed by atoms with Crippen molar-refractivity contribution in [2.24, 2.45) is 12.8 Å². The van der Waals surface area contributed by atoms with Gasteiger partial charge in [0.05, 0.1) is 35.3 Å². The van der Waals surface area contributed by atoms with Crippen LogP contribution in [0.3, 0.4) is 0 Å². The summed E-state index contributed by atoms with van der Waals surface area (Å²) in [6.07, 6.45) is 1.10. The highest BCUT2D eigenvalue weighted by atomic mass is 35.5. The summed E-state index contributed by atoms with van der Waals surface area (Å²) in [6, 6.07) is 5.29. The zero-order valence-electron chi connectivity index (χ0n) is 23.8. The van der Waals surface area contributed by atoms with E-state index in [2.05, 4.69) is 43.9 Å². The van der Waals surface area contributed by atoms with Crippen LogP contribution in [-0.4, -0.2) is 53.5 Å². The number of nitrogens with two attached hydrogens (primary N) is 1. The quantitative estimate of drug-likeness (QED) is 0.205. The topological polar surface area (TPSA) is 114 Å². The smallest absolute Gasteiger partial charge is 0.404 e. The number of ether oxygens (including phenoxy) is 2. The maximum absolute atomic E-state index is 11.1. The van der Waals surface area contributed by atoms with Crippen LogP contribution in [0.2, 0.25) is 28.3 Å². The highest BCUT2D eigenvalue weighted by Crippen LogP contribution is 2.38. The minimum atomic E-state index is -2.12. The van der Waals surface area contributed by atoms with Crippen molar-refractivity contribution < 1.29 is 18.7 Å². The molecule has 9 nitrogen and oxygen atoms in total. The fraction of sp³-hybridized carbons (Fsp3) is 0.481. The first-order valence-electron chi connectivity index (χ1n) is 12.7. The molecule has 0 saturated heterocycles. The zero-order chi connectivity index (χ0) is 29.1. The molecule has 2 heterocycles. The lowest BCUT2D eigenvalue weighted by Gasteiger charge is -2.39. The van der Waals surface area contributed by atoms with Crippen molar-refractivity contribution in [1.29, 1.82) is 0 Å². The molecule has 0 radical (unpaired) electrons. The van der Waals surface area contributed by atoms with Crippen LogP contribution in [0.4, 0.5) is 4.79 Å². The maximum atomic E-state index is 11.1. The molecule has 0 fully saturated rings. The molecule has 0 spiro atoms. The van der Waals surface area contributed by atoms with Crippen molar-refractivity contribution in [2.75, 3.05) is 13.2 Å². The Hall–Kier alpha value is -2.66. The monoisotopic (exact) mass is 593 g/mol. The average Bonchev–Trinajstić information content (AvgIpc) is 3.16. The molecule has 1 atom stereocenters. The molecule has 2 aromatic heterocycles. The van der Waals surface area contributed by atoms with Crippen LogP contribution in [0.1, 0.15) is 38.3 Å². The third-order valence-corrected chi connectivity index (χ3v) is 12.2. The van der Waals surface area contributed by atoms with Crippen molar-refractivity contribution in [1.82, 2.24) is 19.7 Å². The van der Waals surface area contributed by atoms with Crippen molar-refractivity contribution in [3.05, 3.63) is 45.7 Å². The number of nitrogens with zero attached hydrogens (tertiary/aromatic N) is 4. The fourth-order valence-electron chi connectivity index (χ4n) is 3.74. The average molecular weight is 595 g/mol. The van der Waals surface area contributed by atoms with Crippen LogP contribution in [0, 0.1) is 13.8 Å². The summed E-state index contributed by atoms with van der Waals surface area (Å²) in [7, 11) is -0.267. The van der Waals surface area contributed by atoms with Gasteiger partial charge in [-0.1, -0.05) is 44.0 Å². The van der Waals surface area contributed by atoms with E-state index in [1.54, 1.807) is 29.1 Å². The number of halogens is 2. The first kappa shape index (κ1) is 30.9. The second kappa shape index (κ2) is 12.2. The second-order valence-electron chi connectivity index (χ2n) is 11.0. The van der Waals surface area contributed by atoms with Gasteiger partial charge in [-0.05, 0) is 55.7 Å². The summed E-state index contributed by atoms with van der Waals surface area (Å²) in [5.74, 6) is 0.938. The lowest BCUT2D eigenvalue weighted by atomic mass is 10.1. The Bertz CT molecular complexity index is 1320. The molecule has 2 N–H and O–H groups in total. The van der Waals surface area contributed by atoms with Gasteiger partial charge in [0.25, 0.3) is 0 Å². The molecule has 3 rings (SSSR count). The Kier molecular flexibility index (Phi) is 9.69. The normalized spacial score (nSPS) is 12.9. The predicted octanol–water partition coefficient (Wildman–Crippen LogP) is 6.72. The number of aromatic nitrogens is 4. The summed E-state index contributed by atoms with van der Waals surface area (Å²) < 4.78 is 19.4. The van der Waals surface area contributed by atoms with E-state index in [1.807, 2.05) is 20.9 Å². The molecule has 1 aromatic carbocycles. The van der Waals surface area contributed by atoms with E-state index in [0.29, 0.717) is 39.4 Å². The van der Waals surface area contributed by atoms with Gasteiger partial charge >= 0.3 is 6.09 Å². The Balaban J connectivity index is 1.89. The number of benzene rings is 1. The van der Waals surface area contributed by atoms with Gasteiger partial charge in [-0.25, -0.2) is 14.8 Å². The number of rotatable bonds is 10. The molecule has 0 aliphatic heterocycles. The number of amides is 1. The zero-order valence-corrected chi connectivity index (χ0v) is 26.3.